The number of hydrogen-bond acceptors (Lipinski definition) is 5. The maximum absolute atomic E-state index is 8.06. The Morgan fingerprint density at radius 2 is 1.14 bits per heavy atom. The molecule has 5 N–H and O–H groups in total. The molecule has 0 amide bonds. The molecule has 0 unspecified atom stereocenters. The Hall–Kier alpha value is 0.224. The van der Waals surface area contributed by atoms with Gasteiger partial charge in [0.15, 0.2) is 0 Å². The van der Waals surface area contributed by atoms with Crippen molar-refractivity contribution in [3.8, 4) is 0 Å². The van der Waals surface area contributed by atoms with E-state index in [0.29, 0.717) is 12.1 Å². The van der Waals surface area contributed by atoms with E-state index in [1.54, 1.807) is 41.5 Å². The summed E-state index contributed by atoms with van der Waals surface area (Å²) in [6.07, 6.45) is 4.45. The molecule has 1 fully saturated rings. The normalized spacial score (nSPS) is 20.6. The van der Waals surface area contributed by atoms with Crippen LogP contribution in [0.4, 0.5) is 0 Å². The Morgan fingerprint density at radius 1 is 0.857 bits per heavy atom. The van der Waals surface area contributed by atoms with E-state index in [9.17, 15) is 0 Å². The maximum atomic E-state index is 8.06. The zero-order valence-electron chi connectivity index (χ0n) is 14.5. The van der Waals surface area contributed by atoms with E-state index in [1.165, 1.54) is 19.3 Å². The van der Waals surface area contributed by atoms with Crippen molar-refractivity contribution in [3.63, 3.8) is 0 Å². The molecule has 0 heterocycles. The summed E-state index contributed by atoms with van der Waals surface area (Å²) in [4.78, 5) is 0. The zero-order chi connectivity index (χ0) is 17.4. The van der Waals surface area contributed by atoms with Crippen LogP contribution in [0.25, 0.3) is 0 Å². The van der Waals surface area contributed by atoms with Crippen LogP contribution in [0.1, 0.15) is 67.2 Å². The predicted octanol–water partition coefficient (Wildman–Crippen LogP) is 2.15. The van der Waals surface area contributed by atoms with Gasteiger partial charge >= 0.3 is 64.5 Å². The molecule has 0 spiro atoms. The summed E-state index contributed by atoms with van der Waals surface area (Å²) in [6, 6.07) is 0.764. The van der Waals surface area contributed by atoms with Crippen LogP contribution in [0.5, 0.6) is 0 Å². The third kappa shape index (κ3) is 38.4. The molecule has 2 atom stereocenters. The minimum atomic E-state index is -0.167. The average Bonchev–Trinajstić information content (AvgIpc) is 2.27. The molecular weight excluding hydrogens is 307 g/mol. The van der Waals surface area contributed by atoms with Crippen LogP contribution in [0.15, 0.2) is 3.79 Å². The van der Waals surface area contributed by atoms with Crippen LogP contribution < -0.4 is 5.73 Å². The van der Waals surface area contributed by atoms with Crippen LogP contribution in [0.3, 0.4) is 0 Å². The molecule has 1 aliphatic carbocycles. The molecule has 0 aromatic heterocycles. The molecular formula is C15H36N2O3V. The molecule has 5 nitrogen and oxygen atoms in total. The van der Waals surface area contributed by atoms with E-state index in [2.05, 4.69) is 21.0 Å². The Morgan fingerprint density at radius 3 is 1.33 bits per heavy atom. The van der Waals surface area contributed by atoms with Crippen LogP contribution in [-0.4, -0.2) is 45.7 Å². The number of aliphatic hydroxyl groups excluding tert-OH is 3. The van der Waals surface area contributed by atoms with Gasteiger partial charge in [0, 0.05) is 18.3 Å². The summed E-state index contributed by atoms with van der Waals surface area (Å²) < 4.78 is 4.14. The fraction of sp³-hybridized carbons (Fsp3) is 1.00. The van der Waals surface area contributed by atoms with E-state index in [4.69, 9.17) is 21.1 Å². The Bertz CT molecular complexity index is 193. The first-order chi connectivity index (χ1) is 9.54. The van der Waals surface area contributed by atoms with Gasteiger partial charge in [0.2, 0.25) is 0 Å². The van der Waals surface area contributed by atoms with Crippen LogP contribution in [0.2, 0.25) is 0 Å². The Balaban J connectivity index is -0.000000230. The first-order valence-electron chi connectivity index (χ1n) is 7.68. The molecule has 0 saturated heterocycles. The van der Waals surface area contributed by atoms with E-state index >= 15 is 0 Å². The van der Waals surface area contributed by atoms with Gasteiger partial charge in [0.25, 0.3) is 0 Å². The second-order valence-corrected chi connectivity index (χ2v) is 6.27. The number of nitrogens with zero attached hydrogens (tertiary/aromatic N) is 1. The van der Waals surface area contributed by atoms with Crippen LogP contribution in [-0.2, 0) is 17.2 Å². The van der Waals surface area contributed by atoms with E-state index in [-0.39, 0.29) is 18.3 Å². The van der Waals surface area contributed by atoms with Gasteiger partial charge in [0.05, 0.1) is 0 Å². The summed E-state index contributed by atoms with van der Waals surface area (Å²) in [5.74, 6) is 0. The molecule has 0 aromatic carbocycles. The average molecular weight is 343 g/mol. The number of nitrogens with two attached hydrogens (primary N) is 1. The molecule has 6 heteroatoms. The van der Waals surface area contributed by atoms with Crippen molar-refractivity contribution >= 4 is 0 Å². The van der Waals surface area contributed by atoms with Crippen molar-refractivity contribution < 1.29 is 32.6 Å². The van der Waals surface area contributed by atoms with Gasteiger partial charge in [-0.1, -0.05) is 0 Å². The van der Waals surface area contributed by atoms with Crippen molar-refractivity contribution in [2.24, 2.45) is 9.52 Å². The third-order valence-corrected chi connectivity index (χ3v) is 2.39. The van der Waals surface area contributed by atoms with Gasteiger partial charge < -0.3 is 15.3 Å². The molecule has 1 rings (SSSR count). The second kappa shape index (κ2) is 18.3. The van der Waals surface area contributed by atoms with Crippen molar-refractivity contribution in [2.45, 2.75) is 97.6 Å². The van der Waals surface area contributed by atoms with E-state index < -0.39 is 0 Å². The Kier molecular flexibility index (Phi) is 22.7. The molecule has 1 aliphatic rings. The summed E-state index contributed by atoms with van der Waals surface area (Å²) >= 11 is 2.28. The van der Waals surface area contributed by atoms with Crippen molar-refractivity contribution in [1.82, 2.24) is 0 Å². The van der Waals surface area contributed by atoms with Gasteiger partial charge in [-0.2, -0.15) is 0 Å². The summed E-state index contributed by atoms with van der Waals surface area (Å²) in [5, 5.41) is 24.2. The third-order valence-electron chi connectivity index (χ3n) is 1.93. The summed E-state index contributed by atoms with van der Waals surface area (Å²) in [5.41, 5.74) is 5.79. The number of rotatable bonds is 1. The molecule has 0 bridgehead atoms. The predicted molar refractivity (Wildman–Crippen MR) is 84.7 cm³/mol. The number of hydrogen-bond donors (Lipinski definition) is 4. The van der Waals surface area contributed by atoms with E-state index in [1.807, 2.05) is 0 Å². The standard InChI is InChI=1S/C6H12N2.3C3H8O.V/c7-5-3-1-2-4-6(5)8;3*1-3(2)4;/h5-6H,1-4,7H2;3*3-4H,1-2H3;/t5-,6-;;;;/m1..../s1. The van der Waals surface area contributed by atoms with Crippen molar-refractivity contribution in [1.29, 1.82) is 0 Å². The monoisotopic (exact) mass is 343 g/mol. The quantitative estimate of drug-likeness (QED) is 0.586. The second-order valence-electron chi connectivity index (χ2n) is 5.91. The fourth-order valence-electron chi connectivity index (χ4n) is 1.28. The SMILES string of the molecule is CC(C)O.CC(C)O.CC(C)O.N[C@@H]1CCCC[C@H]1[N]=[V]. The fourth-order valence-corrected chi connectivity index (χ4v) is 1.73. The van der Waals surface area contributed by atoms with Crippen molar-refractivity contribution in [3.05, 3.63) is 0 Å². The molecule has 0 radical (unpaired) electrons. The van der Waals surface area contributed by atoms with Gasteiger partial charge in [0.1, 0.15) is 0 Å². The molecule has 0 aromatic rings. The van der Waals surface area contributed by atoms with Gasteiger partial charge in [-0.15, -0.1) is 0 Å². The van der Waals surface area contributed by atoms with Crippen LogP contribution >= 0.6 is 0 Å². The van der Waals surface area contributed by atoms with E-state index in [0.717, 1.165) is 6.42 Å². The number of aliphatic hydroxyl groups is 3. The molecule has 21 heavy (non-hydrogen) atoms. The topological polar surface area (TPSA) is 99.1 Å². The van der Waals surface area contributed by atoms with Gasteiger partial charge in [-0.05, 0) is 41.5 Å². The van der Waals surface area contributed by atoms with Gasteiger partial charge in [-0.25, -0.2) is 0 Å². The zero-order valence-corrected chi connectivity index (χ0v) is 15.9. The first kappa shape index (κ1) is 26.1. The van der Waals surface area contributed by atoms with Crippen LogP contribution in [0, 0.1) is 0 Å². The minimum absolute atomic E-state index is 0.167. The molecule has 129 valence electrons. The summed E-state index contributed by atoms with van der Waals surface area (Å²) in [7, 11) is 0. The van der Waals surface area contributed by atoms with Crippen molar-refractivity contribution in [2.75, 3.05) is 0 Å². The molecule has 0 aliphatic heterocycles. The molecule has 1 saturated carbocycles. The summed E-state index contributed by atoms with van der Waals surface area (Å²) in [6.45, 7) is 10.3. The first-order valence-corrected chi connectivity index (χ1v) is 8.30. The Labute approximate surface area is 140 Å². The van der Waals surface area contributed by atoms with Gasteiger partial charge in [-0.3, -0.25) is 0 Å².